The van der Waals surface area contributed by atoms with Gasteiger partial charge in [-0.25, -0.2) is 8.42 Å². The first-order valence-corrected chi connectivity index (χ1v) is 11.6. The summed E-state index contributed by atoms with van der Waals surface area (Å²) in [5.41, 5.74) is 1.77. The molecule has 0 aliphatic carbocycles. The zero-order valence-electron chi connectivity index (χ0n) is 15.4. The third kappa shape index (κ3) is 6.46. The molecule has 1 heterocycles. The van der Waals surface area contributed by atoms with Crippen molar-refractivity contribution in [3.8, 4) is 0 Å². The van der Waals surface area contributed by atoms with Gasteiger partial charge in [0.1, 0.15) is 0 Å². The smallest absolute Gasteiger partial charge is 0.218 e. The van der Waals surface area contributed by atoms with Crippen LogP contribution in [0.15, 0.2) is 29.3 Å². The van der Waals surface area contributed by atoms with Gasteiger partial charge in [-0.15, -0.1) is 0 Å². The van der Waals surface area contributed by atoms with E-state index in [0.29, 0.717) is 38.8 Å². The van der Waals surface area contributed by atoms with Crippen molar-refractivity contribution in [2.45, 2.75) is 12.3 Å². The lowest BCUT2D eigenvalue weighted by Crippen LogP contribution is -2.41. The number of hydrogen-bond acceptors (Lipinski definition) is 5. The minimum Gasteiger partial charge on any atom is -0.379 e. The van der Waals surface area contributed by atoms with Crippen molar-refractivity contribution in [2.24, 2.45) is 4.99 Å². The monoisotopic (exact) mass is 400 g/mol. The number of rotatable bonds is 8. The maximum absolute atomic E-state index is 12.7. The molecule has 1 fully saturated rings. The molecule has 0 aromatic heterocycles. The highest BCUT2D eigenvalue weighted by Crippen LogP contribution is 2.16. The highest BCUT2D eigenvalue weighted by Gasteiger charge is 2.25. The molecule has 26 heavy (non-hydrogen) atoms. The van der Waals surface area contributed by atoms with Gasteiger partial charge in [-0.3, -0.25) is 4.99 Å². The number of thioether (sulfide) groups is 1. The van der Waals surface area contributed by atoms with E-state index in [1.807, 2.05) is 24.3 Å². The summed E-state index contributed by atoms with van der Waals surface area (Å²) >= 11 is 1.77. The van der Waals surface area contributed by atoms with Crippen LogP contribution in [0.25, 0.3) is 0 Å². The van der Waals surface area contributed by atoms with Crippen molar-refractivity contribution in [3.05, 3.63) is 35.4 Å². The van der Waals surface area contributed by atoms with Crippen LogP contribution < -0.4 is 10.6 Å². The van der Waals surface area contributed by atoms with Crippen molar-refractivity contribution in [1.82, 2.24) is 14.9 Å². The molecule has 0 bridgehead atoms. The lowest BCUT2D eigenvalue weighted by molar-refractivity contribution is 0.0729. The first-order valence-electron chi connectivity index (χ1n) is 8.62. The summed E-state index contributed by atoms with van der Waals surface area (Å²) in [5.74, 6) is 1.71. The van der Waals surface area contributed by atoms with E-state index >= 15 is 0 Å². The topological polar surface area (TPSA) is 83.0 Å². The molecule has 0 unspecified atom stereocenters. The summed E-state index contributed by atoms with van der Waals surface area (Å²) < 4.78 is 32.1. The van der Waals surface area contributed by atoms with E-state index in [0.717, 1.165) is 23.4 Å². The van der Waals surface area contributed by atoms with Crippen molar-refractivity contribution in [1.29, 1.82) is 0 Å². The third-order valence-electron chi connectivity index (χ3n) is 4.09. The number of nitrogens with zero attached hydrogens (tertiary/aromatic N) is 2. The maximum atomic E-state index is 12.7. The molecule has 0 saturated carbocycles. The van der Waals surface area contributed by atoms with Gasteiger partial charge in [-0.2, -0.15) is 16.1 Å². The second kappa shape index (κ2) is 10.8. The second-order valence-electron chi connectivity index (χ2n) is 5.88. The molecule has 1 aliphatic rings. The fraction of sp³-hybridized carbons (Fsp3) is 0.588. The minimum atomic E-state index is -3.34. The van der Waals surface area contributed by atoms with Crippen LogP contribution in [-0.4, -0.2) is 70.6 Å². The Morgan fingerprint density at radius 2 is 1.92 bits per heavy atom. The highest BCUT2D eigenvalue weighted by molar-refractivity contribution is 7.98. The number of benzene rings is 1. The standard InChI is InChI=1S/C17H28N4O3S2/c1-18-17(19-7-12-25-2)20-13-15-5-3-4-6-16(15)14-26(22,23)21-8-10-24-11-9-21/h3-6H,7-14H2,1-2H3,(H2,18,19,20). The Kier molecular flexibility index (Phi) is 8.70. The quantitative estimate of drug-likeness (QED) is 0.383. The Labute approximate surface area is 160 Å². The molecule has 0 amide bonds. The van der Waals surface area contributed by atoms with E-state index in [2.05, 4.69) is 21.9 Å². The van der Waals surface area contributed by atoms with Gasteiger partial charge < -0.3 is 15.4 Å². The highest BCUT2D eigenvalue weighted by atomic mass is 32.2. The van der Waals surface area contributed by atoms with E-state index < -0.39 is 10.0 Å². The lowest BCUT2D eigenvalue weighted by Gasteiger charge is -2.26. The average Bonchev–Trinajstić information content (AvgIpc) is 2.66. The van der Waals surface area contributed by atoms with Gasteiger partial charge in [0.2, 0.25) is 10.0 Å². The molecule has 0 atom stereocenters. The molecule has 1 aromatic carbocycles. The predicted octanol–water partition coefficient (Wildman–Crippen LogP) is 0.877. The summed E-state index contributed by atoms with van der Waals surface area (Å²) in [6.45, 7) is 3.12. The second-order valence-corrected chi connectivity index (χ2v) is 8.84. The molecule has 0 spiro atoms. The van der Waals surface area contributed by atoms with E-state index in [-0.39, 0.29) is 5.75 Å². The van der Waals surface area contributed by atoms with Crippen LogP contribution >= 0.6 is 11.8 Å². The van der Waals surface area contributed by atoms with Crippen molar-refractivity contribution in [2.75, 3.05) is 51.9 Å². The molecule has 2 rings (SSSR count). The molecule has 0 radical (unpaired) electrons. The summed E-state index contributed by atoms with van der Waals surface area (Å²) in [6, 6.07) is 7.62. The number of guanidine groups is 1. The Morgan fingerprint density at radius 1 is 1.23 bits per heavy atom. The van der Waals surface area contributed by atoms with Crippen LogP contribution in [-0.2, 0) is 27.1 Å². The van der Waals surface area contributed by atoms with E-state index in [1.54, 1.807) is 18.8 Å². The normalized spacial score (nSPS) is 16.5. The molecular formula is C17H28N4O3S2. The zero-order chi connectivity index (χ0) is 18.8. The molecular weight excluding hydrogens is 372 g/mol. The maximum Gasteiger partial charge on any atom is 0.218 e. The van der Waals surface area contributed by atoms with Gasteiger partial charge in [0.25, 0.3) is 0 Å². The first-order chi connectivity index (χ1) is 12.6. The third-order valence-corrected chi connectivity index (χ3v) is 6.53. The Morgan fingerprint density at radius 3 is 2.58 bits per heavy atom. The molecule has 2 N–H and O–H groups in total. The van der Waals surface area contributed by atoms with Crippen molar-refractivity contribution < 1.29 is 13.2 Å². The van der Waals surface area contributed by atoms with Gasteiger partial charge >= 0.3 is 0 Å². The number of ether oxygens (including phenoxy) is 1. The SMILES string of the molecule is CN=C(NCCSC)NCc1ccccc1CS(=O)(=O)N1CCOCC1. The molecule has 7 nitrogen and oxygen atoms in total. The number of hydrogen-bond donors (Lipinski definition) is 2. The van der Waals surface area contributed by atoms with E-state index in [4.69, 9.17) is 4.74 Å². The summed E-state index contributed by atoms with van der Waals surface area (Å²) in [4.78, 5) is 4.20. The predicted molar refractivity (Wildman–Crippen MR) is 108 cm³/mol. The van der Waals surface area contributed by atoms with Gasteiger partial charge in [0.05, 0.1) is 19.0 Å². The zero-order valence-corrected chi connectivity index (χ0v) is 17.0. The number of sulfonamides is 1. The van der Waals surface area contributed by atoms with Crippen molar-refractivity contribution in [3.63, 3.8) is 0 Å². The van der Waals surface area contributed by atoms with Crippen LogP contribution in [0.4, 0.5) is 0 Å². The molecule has 1 aliphatic heterocycles. The molecule has 9 heteroatoms. The Balaban J connectivity index is 2.00. The van der Waals surface area contributed by atoms with Crippen LogP contribution in [0.2, 0.25) is 0 Å². The average molecular weight is 401 g/mol. The van der Waals surface area contributed by atoms with E-state index in [9.17, 15) is 8.42 Å². The Bertz CT molecular complexity index is 689. The largest absolute Gasteiger partial charge is 0.379 e. The number of morpholine rings is 1. The number of aliphatic imine (C=N–C) groups is 1. The van der Waals surface area contributed by atoms with Gasteiger partial charge in [0, 0.05) is 39.0 Å². The van der Waals surface area contributed by atoms with Crippen LogP contribution in [0, 0.1) is 0 Å². The molecule has 146 valence electrons. The van der Waals surface area contributed by atoms with Crippen LogP contribution in [0.5, 0.6) is 0 Å². The number of nitrogens with one attached hydrogen (secondary N) is 2. The van der Waals surface area contributed by atoms with Gasteiger partial charge in [-0.1, -0.05) is 24.3 Å². The van der Waals surface area contributed by atoms with Crippen LogP contribution in [0.1, 0.15) is 11.1 Å². The minimum absolute atomic E-state index is 0.00333. The summed E-state index contributed by atoms with van der Waals surface area (Å²) in [5, 5.41) is 6.49. The van der Waals surface area contributed by atoms with Crippen molar-refractivity contribution >= 4 is 27.7 Å². The fourth-order valence-corrected chi connectivity index (χ4v) is 4.52. The summed E-state index contributed by atoms with van der Waals surface area (Å²) in [6.07, 6.45) is 2.06. The molecule has 1 aromatic rings. The summed E-state index contributed by atoms with van der Waals surface area (Å²) in [7, 11) is -1.62. The van der Waals surface area contributed by atoms with Gasteiger partial charge in [0.15, 0.2) is 5.96 Å². The fourth-order valence-electron chi connectivity index (χ4n) is 2.65. The van der Waals surface area contributed by atoms with Crippen LogP contribution in [0.3, 0.4) is 0 Å². The van der Waals surface area contributed by atoms with E-state index in [1.165, 1.54) is 4.31 Å². The molecule has 1 saturated heterocycles. The van der Waals surface area contributed by atoms with Gasteiger partial charge in [-0.05, 0) is 17.4 Å². The lowest BCUT2D eigenvalue weighted by atomic mass is 10.1. The Hall–Kier alpha value is -1.29. The first kappa shape index (κ1) is 21.0.